The highest BCUT2D eigenvalue weighted by atomic mass is 28.4. The molecule has 3 heteroatoms. The summed E-state index contributed by atoms with van der Waals surface area (Å²) in [5, 5.41) is 0. The molecule has 0 spiro atoms. The number of ketones is 1. The van der Waals surface area contributed by atoms with Gasteiger partial charge in [0.25, 0.3) is 0 Å². The molecule has 14 heavy (non-hydrogen) atoms. The number of rotatable bonds is 3. The smallest absolute Gasteiger partial charge is 0.185 e. The van der Waals surface area contributed by atoms with Crippen molar-refractivity contribution < 1.29 is 9.22 Å². The van der Waals surface area contributed by atoms with Crippen molar-refractivity contribution in [2.24, 2.45) is 5.41 Å². The highest BCUT2D eigenvalue weighted by Gasteiger charge is 2.39. The van der Waals surface area contributed by atoms with Gasteiger partial charge >= 0.3 is 0 Å². The number of hydrogen-bond donors (Lipinski definition) is 0. The molecule has 0 radical (unpaired) electrons. The second-order valence-corrected chi connectivity index (χ2v) is 10.7. The Hall–Kier alpha value is -0.153. The zero-order chi connectivity index (χ0) is 11.8. The molecule has 0 saturated heterocycles. The van der Waals surface area contributed by atoms with Gasteiger partial charge in [0.1, 0.15) is 5.60 Å². The molecule has 0 saturated carbocycles. The number of Topliss-reactive ketones (excluding diaryl/α,β-unsaturated/α-hetero) is 1. The maximum absolute atomic E-state index is 12.1. The first-order valence-electron chi connectivity index (χ1n) is 5.11. The molecule has 0 heterocycles. The zero-order valence-electron chi connectivity index (χ0n) is 10.8. The summed E-state index contributed by atoms with van der Waals surface area (Å²) < 4.78 is 5.90. The minimum absolute atomic E-state index is 0.174. The molecule has 0 fully saturated rings. The van der Waals surface area contributed by atoms with E-state index in [2.05, 4.69) is 19.6 Å². The average molecular weight is 216 g/mol. The van der Waals surface area contributed by atoms with Crippen LogP contribution in [0.4, 0.5) is 0 Å². The number of carbonyl (C=O) groups is 1. The second-order valence-electron chi connectivity index (χ2n) is 6.30. The molecular weight excluding hydrogens is 192 g/mol. The fraction of sp³-hybridized carbons (Fsp3) is 0.909. The monoisotopic (exact) mass is 216 g/mol. The quantitative estimate of drug-likeness (QED) is 0.677. The van der Waals surface area contributed by atoms with Crippen LogP contribution in [0.2, 0.25) is 19.6 Å². The molecular formula is C11H24O2Si. The van der Waals surface area contributed by atoms with Gasteiger partial charge in [0.2, 0.25) is 0 Å². The van der Waals surface area contributed by atoms with E-state index in [0.29, 0.717) is 0 Å². The van der Waals surface area contributed by atoms with Crippen molar-refractivity contribution in [1.29, 1.82) is 0 Å². The minimum atomic E-state index is -1.66. The minimum Gasteiger partial charge on any atom is -0.406 e. The molecule has 2 nitrogen and oxygen atoms in total. The molecule has 0 aromatic heterocycles. The van der Waals surface area contributed by atoms with E-state index < -0.39 is 13.9 Å². The summed E-state index contributed by atoms with van der Waals surface area (Å²) in [6, 6.07) is 0. The summed E-state index contributed by atoms with van der Waals surface area (Å²) in [5.74, 6) is 0.174. The van der Waals surface area contributed by atoms with Crippen molar-refractivity contribution >= 4 is 14.1 Å². The molecule has 0 amide bonds. The van der Waals surface area contributed by atoms with Crippen molar-refractivity contribution in [3.05, 3.63) is 0 Å². The van der Waals surface area contributed by atoms with Crippen molar-refractivity contribution in [2.45, 2.75) is 59.9 Å². The van der Waals surface area contributed by atoms with Gasteiger partial charge < -0.3 is 4.43 Å². The molecule has 0 aliphatic carbocycles. The molecule has 0 atom stereocenters. The van der Waals surface area contributed by atoms with Crippen LogP contribution in [-0.2, 0) is 9.22 Å². The Kier molecular flexibility index (Phi) is 3.74. The molecule has 0 aliphatic heterocycles. The fourth-order valence-corrected chi connectivity index (χ4v) is 3.34. The molecule has 0 bridgehead atoms. The van der Waals surface area contributed by atoms with E-state index in [1.807, 2.05) is 34.6 Å². The summed E-state index contributed by atoms with van der Waals surface area (Å²) in [4.78, 5) is 12.1. The van der Waals surface area contributed by atoms with Crippen molar-refractivity contribution in [2.75, 3.05) is 0 Å². The first-order chi connectivity index (χ1) is 5.86. The van der Waals surface area contributed by atoms with Gasteiger partial charge in [-0.25, -0.2) is 0 Å². The largest absolute Gasteiger partial charge is 0.406 e. The standard InChI is InChI=1S/C11H24O2Si/c1-10(2,3)9(12)11(4,5)13-14(6,7)8/h1-8H3. The van der Waals surface area contributed by atoms with E-state index in [9.17, 15) is 4.79 Å². The van der Waals surface area contributed by atoms with E-state index in [1.54, 1.807) is 0 Å². The molecule has 0 aliphatic rings. The van der Waals surface area contributed by atoms with Gasteiger partial charge in [-0.05, 0) is 33.5 Å². The molecule has 0 rings (SSSR count). The maximum atomic E-state index is 12.1. The van der Waals surface area contributed by atoms with E-state index >= 15 is 0 Å². The summed E-state index contributed by atoms with van der Waals surface area (Å²) in [6.07, 6.45) is 0. The first-order valence-corrected chi connectivity index (χ1v) is 8.52. The molecule has 0 unspecified atom stereocenters. The average Bonchev–Trinajstić information content (AvgIpc) is 1.78. The molecule has 84 valence electrons. The van der Waals surface area contributed by atoms with E-state index in [1.165, 1.54) is 0 Å². The lowest BCUT2D eigenvalue weighted by molar-refractivity contribution is -0.140. The van der Waals surface area contributed by atoms with E-state index in [0.717, 1.165) is 0 Å². The lowest BCUT2D eigenvalue weighted by Gasteiger charge is -2.36. The van der Waals surface area contributed by atoms with Crippen LogP contribution in [0.1, 0.15) is 34.6 Å². The van der Waals surface area contributed by atoms with Crippen LogP contribution in [0.5, 0.6) is 0 Å². The highest BCUT2D eigenvalue weighted by Crippen LogP contribution is 2.27. The first kappa shape index (κ1) is 13.8. The highest BCUT2D eigenvalue weighted by molar-refractivity contribution is 6.70. The Morgan fingerprint density at radius 1 is 1.00 bits per heavy atom. The van der Waals surface area contributed by atoms with Crippen LogP contribution in [0, 0.1) is 5.41 Å². The number of carbonyl (C=O) groups excluding carboxylic acids is 1. The van der Waals surface area contributed by atoms with Crippen LogP contribution < -0.4 is 0 Å². The predicted molar refractivity (Wildman–Crippen MR) is 63.0 cm³/mol. The molecule has 0 aromatic rings. The fourth-order valence-electron chi connectivity index (χ4n) is 1.71. The summed E-state index contributed by atoms with van der Waals surface area (Å²) >= 11 is 0. The Bertz CT molecular complexity index is 218. The Morgan fingerprint density at radius 2 is 1.36 bits per heavy atom. The maximum Gasteiger partial charge on any atom is 0.185 e. The Morgan fingerprint density at radius 3 is 1.57 bits per heavy atom. The van der Waals surface area contributed by atoms with Crippen LogP contribution in [0.3, 0.4) is 0 Å². The lowest BCUT2D eigenvalue weighted by Crippen LogP contribution is -2.48. The van der Waals surface area contributed by atoms with Gasteiger partial charge in [0.05, 0.1) is 0 Å². The van der Waals surface area contributed by atoms with Crippen LogP contribution >= 0.6 is 0 Å². The third-order valence-corrected chi connectivity index (χ3v) is 2.91. The van der Waals surface area contributed by atoms with Crippen molar-refractivity contribution in [1.82, 2.24) is 0 Å². The molecule has 0 N–H and O–H groups in total. The van der Waals surface area contributed by atoms with Gasteiger partial charge in [-0.2, -0.15) is 0 Å². The normalized spacial score (nSPS) is 14.3. The zero-order valence-corrected chi connectivity index (χ0v) is 11.8. The third kappa shape index (κ3) is 4.38. The van der Waals surface area contributed by atoms with Crippen LogP contribution in [-0.4, -0.2) is 19.7 Å². The van der Waals surface area contributed by atoms with E-state index in [-0.39, 0.29) is 11.2 Å². The molecule has 0 aromatic carbocycles. The van der Waals surface area contributed by atoms with Gasteiger partial charge in [0, 0.05) is 5.41 Å². The lowest BCUT2D eigenvalue weighted by atomic mass is 9.82. The summed E-state index contributed by atoms with van der Waals surface area (Å²) in [5.41, 5.74) is -0.980. The van der Waals surface area contributed by atoms with Gasteiger partial charge in [-0.15, -0.1) is 0 Å². The SMILES string of the molecule is CC(C)(C)C(=O)C(C)(C)O[Si](C)(C)C. The van der Waals surface area contributed by atoms with Crippen LogP contribution in [0.25, 0.3) is 0 Å². The second kappa shape index (κ2) is 3.78. The number of hydrogen-bond acceptors (Lipinski definition) is 2. The van der Waals surface area contributed by atoms with Crippen LogP contribution in [0.15, 0.2) is 0 Å². The van der Waals surface area contributed by atoms with Gasteiger partial charge in [0.15, 0.2) is 14.1 Å². The summed E-state index contributed by atoms with van der Waals surface area (Å²) in [7, 11) is -1.66. The van der Waals surface area contributed by atoms with Gasteiger partial charge in [-0.1, -0.05) is 20.8 Å². The van der Waals surface area contributed by atoms with Crippen molar-refractivity contribution in [3.63, 3.8) is 0 Å². The third-order valence-electron chi connectivity index (χ3n) is 1.79. The van der Waals surface area contributed by atoms with Crippen molar-refractivity contribution in [3.8, 4) is 0 Å². The predicted octanol–water partition coefficient (Wildman–Crippen LogP) is 3.23. The van der Waals surface area contributed by atoms with Gasteiger partial charge in [-0.3, -0.25) is 4.79 Å². The van der Waals surface area contributed by atoms with E-state index in [4.69, 9.17) is 4.43 Å². The Labute approximate surface area is 89.2 Å². The topological polar surface area (TPSA) is 26.3 Å². The Balaban J connectivity index is 4.72. The summed E-state index contributed by atoms with van der Waals surface area (Å²) in [6.45, 7) is 15.9.